The summed E-state index contributed by atoms with van der Waals surface area (Å²) in [6.45, 7) is 2.22. The standard InChI is InChI=1S/C20H28O3/c1-2-3-4-5-7-15-10-11-17-16(14-15)8-6-9-18(17)19(21)12-13-20(22)23/h10-11,14,18H,2-9,12-13H2,1H3,(H,22,23). The molecule has 1 aromatic rings. The van der Waals surface area contributed by atoms with E-state index in [4.69, 9.17) is 5.11 Å². The smallest absolute Gasteiger partial charge is 0.303 e. The van der Waals surface area contributed by atoms with E-state index in [1.807, 2.05) is 0 Å². The number of hydrogen-bond acceptors (Lipinski definition) is 2. The SMILES string of the molecule is CCCCCCc1ccc2c(c1)CCCC2C(=O)CCC(=O)O. The summed E-state index contributed by atoms with van der Waals surface area (Å²) >= 11 is 0. The maximum Gasteiger partial charge on any atom is 0.303 e. The number of rotatable bonds is 9. The van der Waals surface area contributed by atoms with Crippen molar-refractivity contribution in [2.24, 2.45) is 0 Å². The lowest BCUT2D eigenvalue weighted by Crippen LogP contribution is -2.19. The van der Waals surface area contributed by atoms with E-state index in [0.717, 1.165) is 31.2 Å². The second kappa shape index (κ2) is 8.85. The number of carbonyl (C=O) groups excluding carboxylic acids is 1. The van der Waals surface area contributed by atoms with Gasteiger partial charge in [-0.25, -0.2) is 0 Å². The van der Waals surface area contributed by atoms with E-state index in [1.165, 1.54) is 36.8 Å². The number of Topliss-reactive ketones (excluding diaryl/α,β-unsaturated/α-hetero) is 1. The average molecular weight is 316 g/mol. The van der Waals surface area contributed by atoms with Crippen LogP contribution in [0.1, 0.15) is 80.9 Å². The number of aliphatic carboxylic acids is 1. The molecule has 23 heavy (non-hydrogen) atoms. The molecule has 0 saturated heterocycles. The van der Waals surface area contributed by atoms with Crippen LogP contribution in [-0.4, -0.2) is 16.9 Å². The van der Waals surface area contributed by atoms with Crippen molar-refractivity contribution in [1.29, 1.82) is 0 Å². The minimum absolute atomic E-state index is 0.0554. The Kier molecular flexibility index (Phi) is 6.82. The monoisotopic (exact) mass is 316 g/mol. The number of aryl methyl sites for hydroxylation is 2. The van der Waals surface area contributed by atoms with Gasteiger partial charge in [0.2, 0.25) is 0 Å². The molecule has 0 heterocycles. The molecule has 0 bridgehead atoms. The van der Waals surface area contributed by atoms with E-state index in [0.29, 0.717) is 0 Å². The average Bonchev–Trinajstić information content (AvgIpc) is 2.55. The molecular formula is C20H28O3. The van der Waals surface area contributed by atoms with Crippen LogP contribution in [0.25, 0.3) is 0 Å². The lowest BCUT2D eigenvalue weighted by Gasteiger charge is -2.25. The summed E-state index contributed by atoms with van der Waals surface area (Å²) in [4.78, 5) is 23.0. The molecule has 0 amide bonds. The number of ketones is 1. The van der Waals surface area contributed by atoms with Gasteiger partial charge in [-0.15, -0.1) is 0 Å². The van der Waals surface area contributed by atoms with E-state index >= 15 is 0 Å². The fourth-order valence-corrected chi connectivity index (χ4v) is 3.52. The predicted molar refractivity (Wildman–Crippen MR) is 91.8 cm³/mol. The summed E-state index contributed by atoms with van der Waals surface area (Å²) in [5.41, 5.74) is 3.82. The number of carbonyl (C=O) groups is 2. The Labute approximate surface area is 139 Å². The minimum Gasteiger partial charge on any atom is -0.481 e. The van der Waals surface area contributed by atoms with E-state index in [-0.39, 0.29) is 24.5 Å². The van der Waals surface area contributed by atoms with E-state index in [9.17, 15) is 9.59 Å². The number of carboxylic acid groups (broad SMARTS) is 1. The van der Waals surface area contributed by atoms with Gasteiger partial charge in [0.05, 0.1) is 6.42 Å². The summed E-state index contributed by atoms with van der Waals surface area (Å²) in [5, 5.41) is 8.76. The number of hydrogen-bond donors (Lipinski definition) is 1. The number of benzene rings is 1. The molecule has 0 aromatic heterocycles. The molecule has 2 rings (SSSR count). The van der Waals surface area contributed by atoms with Gasteiger partial charge in [-0.1, -0.05) is 44.4 Å². The zero-order valence-corrected chi connectivity index (χ0v) is 14.1. The van der Waals surface area contributed by atoms with Crippen molar-refractivity contribution in [3.63, 3.8) is 0 Å². The minimum atomic E-state index is -0.892. The summed E-state index contributed by atoms with van der Waals surface area (Å²) in [5.74, 6) is -0.895. The third-order valence-corrected chi connectivity index (χ3v) is 4.81. The first-order chi connectivity index (χ1) is 11.1. The molecule has 1 aliphatic carbocycles. The van der Waals surface area contributed by atoms with Gasteiger partial charge in [0, 0.05) is 12.3 Å². The van der Waals surface area contributed by atoms with Crippen LogP contribution in [0.2, 0.25) is 0 Å². The molecule has 0 fully saturated rings. The molecule has 1 unspecified atom stereocenters. The highest BCUT2D eigenvalue weighted by molar-refractivity contribution is 5.88. The van der Waals surface area contributed by atoms with Gasteiger partial charge in [0.25, 0.3) is 0 Å². The van der Waals surface area contributed by atoms with Crippen molar-refractivity contribution in [2.45, 2.75) is 77.0 Å². The summed E-state index contributed by atoms with van der Waals surface area (Å²) in [7, 11) is 0. The summed E-state index contributed by atoms with van der Waals surface area (Å²) in [6.07, 6.45) is 9.20. The van der Waals surface area contributed by atoms with Gasteiger partial charge in [-0.2, -0.15) is 0 Å². The number of unbranched alkanes of at least 4 members (excludes halogenated alkanes) is 3. The quantitative estimate of drug-likeness (QED) is 0.674. The second-order valence-corrected chi connectivity index (χ2v) is 6.65. The van der Waals surface area contributed by atoms with Crippen LogP contribution >= 0.6 is 0 Å². The number of carboxylic acids is 1. The third kappa shape index (κ3) is 5.19. The Morgan fingerprint density at radius 3 is 2.74 bits per heavy atom. The van der Waals surface area contributed by atoms with E-state index in [2.05, 4.69) is 25.1 Å². The van der Waals surface area contributed by atoms with Crippen LogP contribution in [-0.2, 0) is 22.4 Å². The first-order valence-electron chi connectivity index (χ1n) is 8.98. The third-order valence-electron chi connectivity index (χ3n) is 4.81. The largest absolute Gasteiger partial charge is 0.481 e. The van der Waals surface area contributed by atoms with Crippen LogP contribution in [0, 0.1) is 0 Å². The Hall–Kier alpha value is -1.64. The highest BCUT2D eigenvalue weighted by Crippen LogP contribution is 2.34. The maximum absolute atomic E-state index is 12.3. The highest BCUT2D eigenvalue weighted by Gasteiger charge is 2.26. The molecule has 0 aliphatic heterocycles. The normalized spacial score (nSPS) is 16.8. The van der Waals surface area contributed by atoms with Gasteiger partial charge in [-0.3, -0.25) is 9.59 Å². The molecule has 1 N–H and O–H groups in total. The van der Waals surface area contributed by atoms with Crippen molar-refractivity contribution in [3.8, 4) is 0 Å². The van der Waals surface area contributed by atoms with Crippen molar-refractivity contribution in [3.05, 3.63) is 34.9 Å². The maximum atomic E-state index is 12.3. The van der Waals surface area contributed by atoms with Gasteiger partial charge >= 0.3 is 5.97 Å². The van der Waals surface area contributed by atoms with Crippen molar-refractivity contribution in [1.82, 2.24) is 0 Å². The van der Waals surface area contributed by atoms with Crippen LogP contribution in [0.4, 0.5) is 0 Å². The molecule has 0 radical (unpaired) electrons. The highest BCUT2D eigenvalue weighted by atomic mass is 16.4. The van der Waals surface area contributed by atoms with Gasteiger partial charge in [0.15, 0.2) is 0 Å². The van der Waals surface area contributed by atoms with Crippen molar-refractivity contribution < 1.29 is 14.7 Å². The van der Waals surface area contributed by atoms with Crippen LogP contribution in [0.15, 0.2) is 18.2 Å². The lowest BCUT2D eigenvalue weighted by atomic mass is 9.78. The van der Waals surface area contributed by atoms with Gasteiger partial charge in [0.1, 0.15) is 5.78 Å². The fraction of sp³-hybridized carbons (Fsp3) is 0.600. The summed E-state index contributed by atoms with van der Waals surface area (Å²) in [6, 6.07) is 6.55. The van der Waals surface area contributed by atoms with E-state index in [1.54, 1.807) is 0 Å². The molecule has 1 aromatic carbocycles. The van der Waals surface area contributed by atoms with Crippen molar-refractivity contribution >= 4 is 11.8 Å². The Morgan fingerprint density at radius 2 is 2.00 bits per heavy atom. The van der Waals surface area contributed by atoms with Crippen LogP contribution in [0.5, 0.6) is 0 Å². The second-order valence-electron chi connectivity index (χ2n) is 6.65. The first-order valence-corrected chi connectivity index (χ1v) is 8.98. The molecule has 0 spiro atoms. The first kappa shape index (κ1) is 17.7. The lowest BCUT2D eigenvalue weighted by molar-refractivity contribution is -0.138. The van der Waals surface area contributed by atoms with Crippen LogP contribution in [0.3, 0.4) is 0 Å². The molecule has 0 saturated carbocycles. The predicted octanol–water partition coefficient (Wildman–Crippen LogP) is 4.66. The molecule has 126 valence electrons. The number of fused-ring (bicyclic) bond motifs is 1. The zero-order chi connectivity index (χ0) is 16.7. The van der Waals surface area contributed by atoms with Gasteiger partial charge < -0.3 is 5.11 Å². The fourth-order valence-electron chi connectivity index (χ4n) is 3.52. The van der Waals surface area contributed by atoms with Gasteiger partial charge in [-0.05, 0) is 48.8 Å². The summed E-state index contributed by atoms with van der Waals surface area (Å²) < 4.78 is 0. The molecular weight excluding hydrogens is 288 g/mol. The topological polar surface area (TPSA) is 54.4 Å². The van der Waals surface area contributed by atoms with Crippen molar-refractivity contribution in [2.75, 3.05) is 0 Å². The Morgan fingerprint density at radius 1 is 1.17 bits per heavy atom. The molecule has 1 aliphatic rings. The van der Waals surface area contributed by atoms with Crippen LogP contribution < -0.4 is 0 Å². The molecule has 3 heteroatoms. The Balaban J connectivity index is 2.01. The molecule has 3 nitrogen and oxygen atoms in total. The zero-order valence-electron chi connectivity index (χ0n) is 14.1. The Bertz CT molecular complexity index is 548. The molecule has 1 atom stereocenters. The van der Waals surface area contributed by atoms with E-state index < -0.39 is 5.97 Å².